The molecule has 128 valence electrons. The summed E-state index contributed by atoms with van der Waals surface area (Å²) in [5.41, 5.74) is 3.91. The Morgan fingerprint density at radius 1 is 0.958 bits per heavy atom. The number of nitrogens with one attached hydrogen (secondary N) is 1. The van der Waals surface area contributed by atoms with Gasteiger partial charge < -0.3 is 19.5 Å². The van der Waals surface area contributed by atoms with Crippen LogP contribution in [-0.2, 0) is 4.79 Å². The monoisotopic (exact) mass is 329 g/mol. The lowest BCUT2D eigenvalue weighted by Gasteiger charge is -2.15. The van der Waals surface area contributed by atoms with Crippen molar-refractivity contribution in [2.45, 2.75) is 20.8 Å². The Balaban J connectivity index is 2.09. The minimum atomic E-state index is -0.244. The number of anilines is 1. The molecule has 1 N–H and O–H groups in total. The van der Waals surface area contributed by atoms with E-state index < -0.39 is 0 Å². The van der Waals surface area contributed by atoms with Gasteiger partial charge in [0.15, 0.2) is 18.1 Å². The van der Waals surface area contributed by atoms with Gasteiger partial charge in [0.25, 0.3) is 5.91 Å². The predicted molar refractivity (Wildman–Crippen MR) is 94.3 cm³/mol. The van der Waals surface area contributed by atoms with Crippen LogP contribution in [0.4, 0.5) is 5.69 Å². The lowest BCUT2D eigenvalue weighted by Crippen LogP contribution is -2.21. The number of hydrogen-bond donors (Lipinski definition) is 1. The van der Waals surface area contributed by atoms with E-state index in [2.05, 4.69) is 5.32 Å². The van der Waals surface area contributed by atoms with Gasteiger partial charge in [0.1, 0.15) is 0 Å². The van der Waals surface area contributed by atoms with Crippen LogP contribution in [0, 0.1) is 20.8 Å². The second-order valence-electron chi connectivity index (χ2n) is 5.65. The zero-order chi connectivity index (χ0) is 17.7. The first kappa shape index (κ1) is 17.7. The summed E-state index contributed by atoms with van der Waals surface area (Å²) in [5, 5.41) is 2.85. The van der Waals surface area contributed by atoms with Crippen molar-refractivity contribution in [2.24, 2.45) is 0 Å². The number of rotatable bonds is 6. The van der Waals surface area contributed by atoms with Gasteiger partial charge in [0.2, 0.25) is 5.75 Å². The molecule has 0 fully saturated rings. The Hall–Kier alpha value is -2.69. The molecule has 0 aromatic heterocycles. The van der Waals surface area contributed by atoms with Gasteiger partial charge in [-0.25, -0.2) is 0 Å². The molecule has 5 heteroatoms. The first-order valence-electron chi connectivity index (χ1n) is 7.67. The smallest absolute Gasteiger partial charge is 0.262 e. The minimum absolute atomic E-state index is 0.136. The molecule has 0 atom stereocenters. The average molecular weight is 329 g/mol. The highest BCUT2D eigenvalue weighted by Crippen LogP contribution is 2.38. The van der Waals surface area contributed by atoms with E-state index in [0.717, 1.165) is 22.4 Å². The SMILES string of the molecule is COc1cc(C)cc(OC)c1OCC(=O)Nc1ccc(C)cc1C. The molecule has 0 saturated carbocycles. The molecule has 0 unspecified atom stereocenters. The Bertz CT molecular complexity index is 715. The largest absolute Gasteiger partial charge is 0.493 e. The van der Waals surface area contributed by atoms with Crippen LogP contribution >= 0.6 is 0 Å². The molecule has 5 nitrogen and oxygen atoms in total. The van der Waals surface area contributed by atoms with E-state index in [1.165, 1.54) is 0 Å². The van der Waals surface area contributed by atoms with Crippen LogP contribution in [0.15, 0.2) is 30.3 Å². The molecule has 2 aromatic carbocycles. The van der Waals surface area contributed by atoms with E-state index in [9.17, 15) is 4.79 Å². The second-order valence-corrected chi connectivity index (χ2v) is 5.65. The molecular formula is C19H23NO4. The van der Waals surface area contributed by atoms with Gasteiger partial charge in [0, 0.05) is 5.69 Å². The first-order valence-corrected chi connectivity index (χ1v) is 7.67. The molecule has 2 rings (SSSR count). The minimum Gasteiger partial charge on any atom is -0.493 e. The van der Waals surface area contributed by atoms with Crippen molar-refractivity contribution in [1.82, 2.24) is 0 Å². The maximum absolute atomic E-state index is 12.2. The van der Waals surface area contributed by atoms with Crippen LogP contribution < -0.4 is 19.5 Å². The number of methoxy groups -OCH3 is 2. The molecule has 1 amide bonds. The van der Waals surface area contributed by atoms with Crippen molar-refractivity contribution >= 4 is 11.6 Å². The van der Waals surface area contributed by atoms with Crippen LogP contribution in [0.2, 0.25) is 0 Å². The molecule has 24 heavy (non-hydrogen) atoms. The van der Waals surface area contributed by atoms with Crippen LogP contribution in [0.1, 0.15) is 16.7 Å². The number of aryl methyl sites for hydroxylation is 3. The third-order valence-electron chi connectivity index (χ3n) is 3.61. The Kier molecular flexibility index (Phi) is 5.68. The summed E-state index contributed by atoms with van der Waals surface area (Å²) < 4.78 is 16.3. The maximum atomic E-state index is 12.2. The second kappa shape index (κ2) is 7.73. The molecule has 0 heterocycles. The normalized spacial score (nSPS) is 10.2. The van der Waals surface area contributed by atoms with Gasteiger partial charge in [-0.1, -0.05) is 17.7 Å². The van der Waals surface area contributed by atoms with Gasteiger partial charge in [-0.05, 0) is 50.1 Å². The third-order valence-corrected chi connectivity index (χ3v) is 3.61. The lowest BCUT2D eigenvalue weighted by atomic mass is 10.1. The summed E-state index contributed by atoms with van der Waals surface area (Å²) in [6.07, 6.45) is 0. The summed E-state index contributed by atoms with van der Waals surface area (Å²) in [7, 11) is 3.10. The van der Waals surface area contributed by atoms with Crippen LogP contribution in [0.3, 0.4) is 0 Å². The molecule has 0 aliphatic heterocycles. The van der Waals surface area contributed by atoms with E-state index in [0.29, 0.717) is 17.2 Å². The zero-order valence-corrected chi connectivity index (χ0v) is 14.7. The standard InChI is InChI=1S/C19H23NO4/c1-12-6-7-15(14(3)8-12)20-18(21)11-24-19-16(22-4)9-13(2)10-17(19)23-5/h6-10H,11H2,1-5H3,(H,20,21). The highest BCUT2D eigenvalue weighted by Gasteiger charge is 2.15. The van der Waals surface area contributed by atoms with E-state index in [-0.39, 0.29) is 12.5 Å². The van der Waals surface area contributed by atoms with E-state index >= 15 is 0 Å². The first-order chi connectivity index (χ1) is 11.4. The molecule has 0 spiro atoms. The molecule has 2 aromatic rings. The van der Waals surface area contributed by atoms with Crippen molar-refractivity contribution in [1.29, 1.82) is 0 Å². The number of benzene rings is 2. The lowest BCUT2D eigenvalue weighted by molar-refractivity contribution is -0.118. The Morgan fingerprint density at radius 3 is 2.12 bits per heavy atom. The predicted octanol–water partition coefficient (Wildman–Crippen LogP) is 3.65. The fraction of sp³-hybridized carbons (Fsp3) is 0.316. The molecule has 0 aliphatic rings. The highest BCUT2D eigenvalue weighted by atomic mass is 16.5. The Labute approximate surface area is 142 Å². The summed E-state index contributed by atoms with van der Waals surface area (Å²) >= 11 is 0. The molecule has 0 saturated heterocycles. The highest BCUT2D eigenvalue weighted by molar-refractivity contribution is 5.92. The van der Waals surface area contributed by atoms with Gasteiger partial charge in [-0.2, -0.15) is 0 Å². The molecule has 0 aliphatic carbocycles. The van der Waals surface area contributed by atoms with Gasteiger partial charge in [-0.15, -0.1) is 0 Å². The quantitative estimate of drug-likeness (QED) is 0.879. The van der Waals surface area contributed by atoms with Crippen molar-refractivity contribution in [2.75, 3.05) is 26.1 Å². The summed E-state index contributed by atoms with van der Waals surface area (Å²) in [6.45, 7) is 5.76. The summed E-state index contributed by atoms with van der Waals surface area (Å²) in [5.74, 6) is 1.24. The van der Waals surface area contributed by atoms with E-state index in [1.807, 2.05) is 51.1 Å². The van der Waals surface area contributed by atoms with E-state index in [1.54, 1.807) is 14.2 Å². The molecular weight excluding hydrogens is 306 g/mol. The third kappa shape index (κ3) is 4.19. The number of carbonyl (C=O) groups excluding carboxylic acids is 1. The molecule has 0 bridgehead atoms. The fourth-order valence-electron chi connectivity index (χ4n) is 2.43. The number of hydrogen-bond acceptors (Lipinski definition) is 4. The zero-order valence-electron chi connectivity index (χ0n) is 14.7. The van der Waals surface area contributed by atoms with Crippen molar-refractivity contribution in [3.8, 4) is 17.2 Å². The van der Waals surface area contributed by atoms with Crippen LogP contribution in [0.25, 0.3) is 0 Å². The van der Waals surface area contributed by atoms with Crippen molar-refractivity contribution in [3.63, 3.8) is 0 Å². The van der Waals surface area contributed by atoms with E-state index in [4.69, 9.17) is 14.2 Å². The van der Waals surface area contributed by atoms with Crippen molar-refractivity contribution in [3.05, 3.63) is 47.0 Å². The van der Waals surface area contributed by atoms with Crippen LogP contribution in [-0.4, -0.2) is 26.7 Å². The van der Waals surface area contributed by atoms with Gasteiger partial charge in [0.05, 0.1) is 14.2 Å². The van der Waals surface area contributed by atoms with Gasteiger partial charge in [-0.3, -0.25) is 4.79 Å². The summed E-state index contributed by atoms with van der Waals surface area (Å²) in [6, 6.07) is 9.52. The topological polar surface area (TPSA) is 56.8 Å². The van der Waals surface area contributed by atoms with Crippen LogP contribution in [0.5, 0.6) is 17.2 Å². The Morgan fingerprint density at radius 2 is 1.58 bits per heavy atom. The number of amides is 1. The molecule has 0 radical (unpaired) electrons. The number of carbonyl (C=O) groups is 1. The maximum Gasteiger partial charge on any atom is 0.262 e. The summed E-state index contributed by atoms with van der Waals surface area (Å²) in [4.78, 5) is 12.2. The average Bonchev–Trinajstić information content (AvgIpc) is 2.55. The number of ether oxygens (including phenoxy) is 3. The van der Waals surface area contributed by atoms with Crippen molar-refractivity contribution < 1.29 is 19.0 Å². The fourth-order valence-corrected chi connectivity index (χ4v) is 2.43. The van der Waals surface area contributed by atoms with Gasteiger partial charge >= 0.3 is 0 Å².